The highest BCUT2D eigenvalue weighted by Crippen LogP contribution is 2.16. The SMILES string of the molecule is NS(=O)(=O)Oc1cncc(Br)c1. The molecule has 0 saturated heterocycles. The van der Waals surface area contributed by atoms with Gasteiger partial charge in [-0.05, 0) is 22.0 Å². The van der Waals surface area contributed by atoms with Crippen LogP contribution in [0.2, 0.25) is 0 Å². The summed E-state index contributed by atoms with van der Waals surface area (Å²) in [4.78, 5) is 3.68. The van der Waals surface area contributed by atoms with Crippen LogP contribution in [0.3, 0.4) is 0 Å². The van der Waals surface area contributed by atoms with Crippen LogP contribution in [0.1, 0.15) is 0 Å². The molecule has 0 unspecified atom stereocenters. The molecule has 0 atom stereocenters. The van der Waals surface area contributed by atoms with Crippen LogP contribution in [0.25, 0.3) is 0 Å². The van der Waals surface area contributed by atoms with Crippen molar-refractivity contribution in [2.75, 3.05) is 0 Å². The standard InChI is InChI=1S/C5H5BrN2O3S/c6-4-1-5(3-8-2-4)11-12(7,9)10/h1-3H,(H2,7,9,10). The second-order valence-corrected chi connectivity index (χ2v) is 3.98. The number of nitrogens with two attached hydrogens (primary N) is 1. The van der Waals surface area contributed by atoms with Crippen molar-refractivity contribution in [3.8, 4) is 5.75 Å². The molecule has 0 saturated carbocycles. The highest BCUT2D eigenvalue weighted by Gasteiger charge is 2.04. The minimum absolute atomic E-state index is 0.0758. The summed E-state index contributed by atoms with van der Waals surface area (Å²) in [6.45, 7) is 0. The molecule has 1 aromatic rings. The Morgan fingerprint density at radius 2 is 2.17 bits per heavy atom. The smallest absolute Gasteiger partial charge is 0.369 e. The molecule has 0 radical (unpaired) electrons. The third-order valence-electron chi connectivity index (χ3n) is 0.892. The fourth-order valence-corrected chi connectivity index (χ4v) is 1.28. The van der Waals surface area contributed by atoms with Crippen molar-refractivity contribution < 1.29 is 12.6 Å². The van der Waals surface area contributed by atoms with E-state index in [1.54, 1.807) is 0 Å². The molecule has 0 spiro atoms. The maximum atomic E-state index is 10.4. The van der Waals surface area contributed by atoms with Crippen LogP contribution < -0.4 is 9.32 Å². The average Bonchev–Trinajstić information content (AvgIpc) is 1.82. The van der Waals surface area contributed by atoms with E-state index in [1.165, 1.54) is 18.5 Å². The van der Waals surface area contributed by atoms with Crippen LogP contribution in [0, 0.1) is 0 Å². The van der Waals surface area contributed by atoms with E-state index in [9.17, 15) is 8.42 Å². The van der Waals surface area contributed by atoms with Gasteiger partial charge in [-0.25, -0.2) is 0 Å². The molecule has 0 aromatic carbocycles. The van der Waals surface area contributed by atoms with Crippen molar-refractivity contribution in [1.82, 2.24) is 4.98 Å². The number of hydrogen-bond donors (Lipinski definition) is 1. The summed E-state index contributed by atoms with van der Waals surface area (Å²) in [5, 5.41) is 4.62. The molecule has 1 heterocycles. The first-order valence-electron chi connectivity index (χ1n) is 2.80. The Hall–Kier alpha value is -0.660. The van der Waals surface area contributed by atoms with Crippen molar-refractivity contribution in [2.45, 2.75) is 0 Å². The van der Waals surface area contributed by atoms with Gasteiger partial charge in [0.25, 0.3) is 0 Å². The first-order chi connectivity index (χ1) is 5.47. The minimum Gasteiger partial charge on any atom is -0.369 e. The van der Waals surface area contributed by atoms with E-state index in [1.807, 2.05) is 0 Å². The molecule has 1 aromatic heterocycles. The fraction of sp³-hybridized carbons (Fsp3) is 0. The van der Waals surface area contributed by atoms with Crippen molar-refractivity contribution in [1.29, 1.82) is 0 Å². The Labute approximate surface area is 77.9 Å². The first-order valence-corrected chi connectivity index (χ1v) is 5.06. The molecule has 5 nitrogen and oxygen atoms in total. The van der Waals surface area contributed by atoms with Crippen LogP contribution in [0.5, 0.6) is 5.75 Å². The van der Waals surface area contributed by atoms with Gasteiger partial charge in [0.05, 0.1) is 6.20 Å². The van der Waals surface area contributed by atoms with Crippen LogP contribution in [0.4, 0.5) is 0 Å². The third-order valence-corrected chi connectivity index (χ3v) is 1.75. The molecule has 0 aliphatic carbocycles. The third kappa shape index (κ3) is 3.16. The Bertz CT molecular complexity index is 378. The molecule has 2 N–H and O–H groups in total. The van der Waals surface area contributed by atoms with Gasteiger partial charge < -0.3 is 4.18 Å². The topological polar surface area (TPSA) is 82.3 Å². The van der Waals surface area contributed by atoms with E-state index in [0.717, 1.165) is 0 Å². The van der Waals surface area contributed by atoms with Gasteiger partial charge in [-0.15, -0.1) is 0 Å². The molecule has 7 heteroatoms. The predicted octanol–water partition coefficient (Wildman–Crippen LogP) is 0.426. The molecule has 0 fully saturated rings. The molecule has 66 valence electrons. The van der Waals surface area contributed by atoms with Crippen molar-refractivity contribution in [3.63, 3.8) is 0 Å². The Morgan fingerprint density at radius 3 is 2.67 bits per heavy atom. The molecule has 0 bridgehead atoms. The fourth-order valence-electron chi connectivity index (χ4n) is 0.572. The van der Waals surface area contributed by atoms with Crippen molar-refractivity contribution >= 4 is 26.2 Å². The van der Waals surface area contributed by atoms with Crippen LogP contribution in [-0.4, -0.2) is 13.4 Å². The summed E-state index contributed by atoms with van der Waals surface area (Å²) >= 11 is 3.09. The number of rotatable bonds is 2. The summed E-state index contributed by atoms with van der Waals surface area (Å²) in [5.74, 6) is 0.0758. The van der Waals surface area contributed by atoms with Gasteiger partial charge in [0.15, 0.2) is 5.75 Å². The van der Waals surface area contributed by atoms with Gasteiger partial charge >= 0.3 is 10.3 Å². The van der Waals surface area contributed by atoms with Crippen LogP contribution >= 0.6 is 15.9 Å². The van der Waals surface area contributed by atoms with E-state index >= 15 is 0 Å². The maximum absolute atomic E-state index is 10.4. The maximum Gasteiger partial charge on any atom is 0.380 e. The molecule has 12 heavy (non-hydrogen) atoms. The van der Waals surface area contributed by atoms with E-state index in [4.69, 9.17) is 0 Å². The summed E-state index contributed by atoms with van der Waals surface area (Å²) in [5.41, 5.74) is 0. The lowest BCUT2D eigenvalue weighted by Crippen LogP contribution is -2.18. The van der Waals surface area contributed by atoms with E-state index < -0.39 is 10.3 Å². The number of aromatic nitrogens is 1. The lowest BCUT2D eigenvalue weighted by atomic mass is 10.5. The number of hydrogen-bond acceptors (Lipinski definition) is 4. The summed E-state index contributed by atoms with van der Waals surface area (Å²) in [6.07, 6.45) is 2.74. The number of nitrogens with zero attached hydrogens (tertiary/aromatic N) is 1. The highest BCUT2D eigenvalue weighted by molar-refractivity contribution is 9.10. The van der Waals surface area contributed by atoms with Gasteiger partial charge in [0, 0.05) is 10.7 Å². The second-order valence-electron chi connectivity index (χ2n) is 1.91. The molecule has 0 aliphatic heterocycles. The molecular formula is C5H5BrN2O3S. The van der Waals surface area contributed by atoms with E-state index in [-0.39, 0.29) is 5.75 Å². The molecular weight excluding hydrogens is 248 g/mol. The van der Waals surface area contributed by atoms with Gasteiger partial charge in [-0.1, -0.05) is 0 Å². The van der Waals surface area contributed by atoms with E-state index in [2.05, 4.69) is 30.2 Å². The lowest BCUT2D eigenvalue weighted by Gasteiger charge is -2.00. The zero-order chi connectivity index (χ0) is 9.19. The largest absolute Gasteiger partial charge is 0.380 e. The Morgan fingerprint density at radius 1 is 1.50 bits per heavy atom. The number of pyridine rings is 1. The van der Waals surface area contributed by atoms with Crippen LogP contribution in [-0.2, 0) is 10.3 Å². The molecule has 0 amide bonds. The minimum atomic E-state index is -3.95. The second kappa shape index (κ2) is 3.38. The first kappa shape index (κ1) is 9.43. The van der Waals surface area contributed by atoms with E-state index in [0.29, 0.717) is 4.47 Å². The van der Waals surface area contributed by atoms with Crippen molar-refractivity contribution in [3.05, 3.63) is 22.9 Å². The zero-order valence-electron chi connectivity index (χ0n) is 5.77. The summed E-state index contributed by atoms with van der Waals surface area (Å²) in [6, 6.07) is 1.44. The quantitative estimate of drug-likeness (QED) is 0.828. The Balaban J connectivity index is 2.91. The predicted molar refractivity (Wildman–Crippen MR) is 45.7 cm³/mol. The zero-order valence-corrected chi connectivity index (χ0v) is 8.17. The summed E-state index contributed by atoms with van der Waals surface area (Å²) < 4.78 is 25.8. The summed E-state index contributed by atoms with van der Waals surface area (Å²) in [7, 11) is -3.95. The van der Waals surface area contributed by atoms with Crippen LogP contribution in [0.15, 0.2) is 22.9 Å². The average molecular weight is 253 g/mol. The van der Waals surface area contributed by atoms with Gasteiger partial charge in [0.1, 0.15) is 0 Å². The monoisotopic (exact) mass is 252 g/mol. The molecule has 0 aliphatic rings. The number of halogens is 1. The van der Waals surface area contributed by atoms with Gasteiger partial charge in [-0.3, -0.25) is 4.98 Å². The molecule has 1 rings (SSSR count). The van der Waals surface area contributed by atoms with Gasteiger partial charge in [-0.2, -0.15) is 13.6 Å². The van der Waals surface area contributed by atoms with Gasteiger partial charge in [0.2, 0.25) is 0 Å². The lowest BCUT2D eigenvalue weighted by molar-refractivity contribution is 0.486. The normalized spacial score (nSPS) is 11.2. The highest BCUT2D eigenvalue weighted by atomic mass is 79.9. The van der Waals surface area contributed by atoms with Crippen molar-refractivity contribution in [2.24, 2.45) is 5.14 Å². The Kier molecular flexibility index (Phi) is 2.65.